The van der Waals surface area contributed by atoms with E-state index in [1.807, 2.05) is 30.3 Å². The Labute approximate surface area is 117 Å². The molecular formula is C13H16N2O4S. The smallest absolute Gasteiger partial charge is 0.336 e. The zero-order valence-electron chi connectivity index (χ0n) is 10.8. The van der Waals surface area contributed by atoms with E-state index in [9.17, 15) is 8.42 Å². The van der Waals surface area contributed by atoms with Crippen LogP contribution in [0.1, 0.15) is 5.56 Å². The molecule has 1 aromatic carbocycles. The molecule has 3 rings (SSSR count). The zero-order valence-corrected chi connectivity index (χ0v) is 11.6. The summed E-state index contributed by atoms with van der Waals surface area (Å²) in [5.41, 5.74) is 2.99. The number of nitrogens with one attached hydrogen (secondary N) is 1. The average Bonchev–Trinajstić information content (AvgIpc) is 2.46. The second kappa shape index (κ2) is 5.17. The fourth-order valence-corrected chi connectivity index (χ4v) is 3.23. The van der Waals surface area contributed by atoms with Crippen molar-refractivity contribution in [3.05, 3.63) is 35.9 Å². The molecule has 1 aromatic rings. The number of rotatable bonds is 2. The van der Waals surface area contributed by atoms with Crippen LogP contribution in [0.3, 0.4) is 0 Å². The van der Waals surface area contributed by atoms with Crippen LogP contribution < -0.4 is 5.32 Å². The normalized spacial score (nSPS) is 23.6. The van der Waals surface area contributed by atoms with Crippen molar-refractivity contribution >= 4 is 21.6 Å². The van der Waals surface area contributed by atoms with E-state index in [1.54, 1.807) is 0 Å². The molecule has 2 N–H and O–H groups in total. The Bertz CT molecular complexity index is 642. The minimum absolute atomic E-state index is 0.138. The molecule has 0 bridgehead atoms. The van der Waals surface area contributed by atoms with Crippen molar-refractivity contribution in [2.24, 2.45) is 0 Å². The lowest BCUT2D eigenvalue weighted by molar-refractivity contribution is 0.0295. The Hall–Kier alpha value is -1.41. The van der Waals surface area contributed by atoms with Gasteiger partial charge in [0.2, 0.25) is 0 Å². The van der Waals surface area contributed by atoms with Crippen molar-refractivity contribution in [3.63, 3.8) is 0 Å². The molecule has 0 aromatic heterocycles. The highest BCUT2D eigenvalue weighted by atomic mass is 32.2. The highest BCUT2D eigenvalue weighted by Gasteiger charge is 2.31. The number of hydrogen-bond acceptors (Lipinski definition) is 4. The Kier molecular flexibility index (Phi) is 3.51. The van der Waals surface area contributed by atoms with Crippen LogP contribution in [-0.2, 0) is 15.0 Å². The van der Waals surface area contributed by atoms with Crippen LogP contribution in [-0.4, -0.2) is 49.6 Å². The van der Waals surface area contributed by atoms with Gasteiger partial charge in [0, 0.05) is 30.9 Å². The van der Waals surface area contributed by atoms with E-state index in [0.717, 1.165) is 21.1 Å². The zero-order chi connectivity index (χ0) is 14.2. The van der Waals surface area contributed by atoms with Crippen molar-refractivity contribution in [1.82, 2.24) is 4.31 Å². The molecule has 6 nitrogen and oxygen atoms in total. The Morgan fingerprint density at radius 1 is 1.35 bits per heavy atom. The topological polar surface area (TPSA) is 78.9 Å². The second-order valence-corrected chi connectivity index (χ2v) is 6.19. The summed E-state index contributed by atoms with van der Waals surface area (Å²) >= 11 is 0. The van der Waals surface area contributed by atoms with E-state index in [-0.39, 0.29) is 25.8 Å². The monoisotopic (exact) mass is 296 g/mol. The van der Waals surface area contributed by atoms with Crippen molar-refractivity contribution in [2.45, 2.75) is 6.10 Å². The third-order valence-electron chi connectivity index (χ3n) is 3.55. The van der Waals surface area contributed by atoms with Crippen LogP contribution in [0.25, 0.3) is 5.57 Å². The number of fused-ring (bicyclic) bond motifs is 1. The first-order chi connectivity index (χ1) is 9.55. The van der Waals surface area contributed by atoms with Crippen molar-refractivity contribution in [3.8, 4) is 0 Å². The van der Waals surface area contributed by atoms with Crippen LogP contribution >= 0.6 is 0 Å². The molecule has 0 aliphatic carbocycles. The molecule has 2 aliphatic heterocycles. The lowest BCUT2D eigenvalue weighted by Crippen LogP contribution is -2.46. The summed E-state index contributed by atoms with van der Waals surface area (Å²) in [4.78, 5) is 0. The Balaban J connectivity index is 1.88. The van der Waals surface area contributed by atoms with Crippen LogP contribution in [0.4, 0.5) is 5.69 Å². The van der Waals surface area contributed by atoms with Crippen LogP contribution in [0, 0.1) is 0 Å². The first-order valence-electron chi connectivity index (χ1n) is 6.43. The molecule has 0 spiro atoms. The first kappa shape index (κ1) is 13.6. The summed E-state index contributed by atoms with van der Waals surface area (Å²) in [7, 11) is -4.16. The molecule has 1 unspecified atom stereocenters. The lowest BCUT2D eigenvalue weighted by Gasteiger charge is -2.33. The van der Waals surface area contributed by atoms with Gasteiger partial charge in [-0.15, -0.1) is 0 Å². The molecular weight excluding hydrogens is 280 g/mol. The molecule has 20 heavy (non-hydrogen) atoms. The van der Waals surface area contributed by atoms with Gasteiger partial charge in [-0.1, -0.05) is 24.3 Å². The van der Waals surface area contributed by atoms with E-state index in [2.05, 4.69) is 5.32 Å². The molecule has 1 fully saturated rings. The highest BCUT2D eigenvalue weighted by Crippen LogP contribution is 2.32. The fourth-order valence-electron chi connectivity index (χ4n) is 2.60. The number of anilines is 1. The summed E-state index contributed by atoms with van der Waals surface area (Å²) in [5.74, 6) is 0. The van der Waals surface area contributed by atoms with Gasteiger partial charge in [0.1, 0.15) is 0 Å². The number of para-hydroxylation sites is 1. The number of hydrogen-bond donors (Lipinski definition) is 2. The molecule has 108 valence electrons. The molecule has 2 heterocycles. The van der Waals surface area contributed by atoms with Crippen LogP contribution in [0.15, 0.2) is 30.3 Å². The van der Waals surface area contributed by atoms with E-state index < -0.39 is 10.3 Å². The number of morpholine rings is 1. The Morgan fingerprint density at radius 3 is 2.95 bits per heavy atom. The maximum absolute atomic E-state index is 11.3. The quantitative estimate of drug-likeness (QED) is 0.796. The maximum atomic E-state index is 11.3. The van der Waals surface area contributed by atoms with Crippen molar-refractivity contribution in [2.75, 3.05) is 31.6 Å². The first-order valence-corrected chi connectivity index (χ1v) is 7.83. The number of nitrogens with zero attached hydrogens (tertiary/aromatic N) is 1. The number of benzene rings is 1. The van der Waals surface area contributed by atoms with Gasteiger partial charge in [0.05, 0.1) is 12.7 Å². The van der Waals surface area contributed by atoms with Crippen LogP contribution in [0.2, 0.25) is 0 Å². The maximum Gasteiger partial charge on any atom is 0.336 e. The standard InChI is InChI=1S/C13H16N2O4S/c16-20(17,18)15-7-8-19-13(9-15)11-5-6-14-12-4-2-1-3-10(11)12/h1-5,13-14H,6-9H2,(H,16,17,18). The van der Waals surface area contributed by atoms with E-state index in [1.165, 1.54) is 0 Å². The minimum atomic E-state index is -4.16. The summed E-state index contributed by atoms with van der Waals surface area (Å²) in [5, 5.41) is 3.26. The summed E-state index contributed by atoms with van der Waals surface area (Å²) in [6.07, 6.45) is 1.65. The summed E-state index contributed by atoms with van der Waals surface area (Å²) in [6.45, 7) is 1.27. The average molecular weight is 296 g/mol. The predicted molar refractivity (Wildman–Crippen MR) is 75.8 cm³/mol. The van der Waals surface area contributed by atoms with Crippen LogP contribution in [0.5, 0.6) is 0 Å². The molecule has 0 saturated carbocycles. The van der Waals surface area contributed by atoms with Gasteiger partial charge < -0.3 is 10.1 Å². The fraction of sp³-hybridized carbons (Fsp3) is 0.385. The lowest BCUT2D eigenvalue weighted by atomic mass is 9.95. The molecule has 1 saturated heterocycles. The predicted octanol–water partition coefficient (Wildman–Crippen LogP) is 0.999. The highest BCUT2D eigenvalue weighted by molar-refractivity contribution is 7.83. The third kappa shape index (κ3) is 2.57. The molecule has 0 radical (unpaired) electrons. The SMILES string of the molecule is O=S(=O)(O)N1CCOC(C2=CCNc3ccccc32)C1. The van der Waals surface area contributed by atoms with E-state index in [0.29, 0.717) is 6.54 Å². The summed E-state index contributed by atoms with van der Waals surface area (Å²) < 4.78 is 38.4. The second-order valence-electron chi connectivity index (χ2n) is 4.78. The van der Waals surface area contributed by atoms with Gasteiger partial charge >= 0.3 is 10.3 Å². The minimum Gasteiger partial charge on any atom is -0.381 e. The van der Waals surface area contributed by atoms with Gasteiger partial charge in [-0.2, -0.15) is 12.7 Å². The molecule has 1 atom stereocenters. The summed E-state index contributed by atoms with van der Waals surface area (Å²) in [6, 6.07) is 7.83. The van der Waals surface area contributed by atoms with Gasteiger partial charge in [-0.05, 0) is 11.6 Å². The molecule has 7 heteroatoms. The number of ether oxygens (including phenoxy) is 1. The molecule has 2 aliphatic rings. The Morgan fingerprint density at radius 2 is 2.15 bits per heavy atom. The van der Waals surface area contributed by atoms with E-state index in [4.69, 9.17) is 9.29 Å². The van der Waals surface area contributed by atoms with Gasteiger partial charge in [-0.25, -0.2) is 0 Å². The largest absolute Gasteiger partial charge is 0.381 e. The van der Waals surface area contributed by atoms with Gasteiger partial charge in [-0.3, -0.25) is 4.55 Å². The van der Waals surface area contributed by atoms with Gasteiger partial charge in [0.15, 0.2) is 0 Å². The molecule has 0 amide bonds. The van der Waals surface area contributed by atoms with Gasteiger partial charge in [0.25, 0.3) is 0 Å². The van der Waals surface area contributed by atoms with Crippen molar-refractivity contribution < 1.29 is 17.7 Å². The van der Waals surface area contributed by atoms with E-state index >= 15 is 0 Å². The third-order valence-corrected chi connectivity index (χ3v) is 4.54. The van der Waals surface area contributed by atoms with Crippen molar-refractivity contribution in [1.29, 1.82) is 0 Å².